The molecule has 0 saturated heterocycles. The second-order valence-corrected chi connectivity index (χ2v) is 3.43. The van der Waals surface area contributed by atoms with E-state index >= 15 is 0 Å². The van der Waals surface area contributed by atoms with E-state index in [1.165, 1.54) is 0 Å². The molecule has 0 fully saturated rings. The zero-order valence-electron chi connectivity index (χ0n) is 9.47. The molecule has 0 amide bonds. The fourth-order valence-electron chi connectivity index (χ4n) is 1.34. The Hall–Kier alpha value is -0.340. The third-order valence-corrected chi connectivity index (χ3v) is 2.14. The van der Waals surface area contributed by atoms with Crippen molar-refractivity contribution >= 4 is 0 Å². The van der Waals surface area contributed by atoms with Crippen LogP contribution in [0.5, 0.6) is 0 Å². The minimum atomic E-state index is 0.546. The Labute approximate surface area is 82.5 Å². The Morgan fingerprint density at radius 3 is 2.15 bits per heavy atom. The summed E-state index contributed by atoms with van der Waals surface area (Å²) in [4.78, 5) is 5.63. The van der Waals surface area contributed by atoms with Crippen LogP contribution in [0.15, 0.2) is 12.2 Å². The Balaban J connectivity index is 3.92. The lowest BCUT2D eigenvalue weighted by molar-refractivity contribution is -0.177. The summed E-state index contributed by atoms with van der Waals surface area (Å²) in [5.74, 6) is 0. The van der Waals surface area contributed by atoms with Gasteiger partial charge in [-0.3, -0.25) is 4.84 Å². The van der Waals surface area contributed by atoms with Crippen molar-refractivity contribution in [3.05, 3.63) is 12.2 Å². The van der Waals surface area contributed by atoms with E-state index < -0.39 is 0 Å². The van der Waals surface area contributed by atoms with E-state index in [9.17, 15) is 0 Å². The fourth-order valence-corrected chi connectivity index (χ4v) is 1.34. The van der Waals surface area contributed by atoms with Gasteiger partial charge in [-0.15, -0.1) is 0 Å². The molecule has 78 valence electrons. The molecule has 0 spiro atoms. The van der Waals surface area contributed by atoms with Gasteiger partial charge in [-0.1, -0.05) is 32.9 Å². The highest BCUT2D eigenvalue weighted by molar-refractivity contribution is 4.87. The monoisotopic (exact) mass is 185 g/mol. The zero-order valence-corrected chi connectivity index (χ0v) is 9.47. The molecule has 0 aliphatic heterocycles. The summed E-state index contributed by atoms with van der Waals surface area (Å²) in [6, 6.07) is 0.546. The van der Waals surface area contributed by atoms with Crippen LogP contribution in [0.2, 0.25) is 0 Å². The molecule has 0 N–H and O–H groups in total. The maximum atomic E-state index is 5.63. The third-order valence-electron chi connectivity index (χ3n) is 2.14. The highest BCUT2D eigenvalue weighted by atomic mass is 16.7. The van der Waals surface area contributed by atoms with E-state index in [1.54, 1.807) is 0 Å². The SMILES string of the molecule is C=C(C)CON(CC)C(CC)CC. The van der Waals surface area contributed by atoms with Crippen LogP contribution in [0, 0.1) is 0 Å². The molecule has 0 unspecified atom stereocenters. The standard InChI is InChI=1S/C11H23NO/c1-6-11(7-2)12(8-3)13-9-10(4)5/h11H,4,6-9H2,1-3,5H3. The lowest BCUT2D eigenvalue weighted by Gasteiger charge is -2.28. The summed E-state index contributed by atoms with van der Waals surface area (Å²) in [6.45, 7) is 13.9. The highest BCUT2D eigenvalue weighted by Crippen LogP contribution is 2.09. The summed E-state index contributed by atoms with van der Waals surface area (Å²) in [6.07, 6.45) is 2.28. The molecule has 0 radical (unpaired) electrons. The Morgan fingerprint density at radius 1 is 1.31 bits per heavy atom. The number of hydrogen-bond donors (Lipinski definition) is 0. The Morgan fingerprint density at radius 2 is 1.85 bits per heavy atom. The molecule has 0 rings (SSSR count). The molecular formula is C11H23NO. The minimum Gasteiger partial charge on any atom is -0.294 e. The number of hydroxylamine groups is 2. The fraction of sp³-hybridized carbons (Fsp3) is 0.818. The first-order valence-electron chi connectivity index (χ1n) is 5.19. The van der Waals surface area contributed by atoms with Crippen molar-refractivity contribution in [2.24, 2.45) is 0 Å². The first-order chi connectivity index (χ1) is 6.15. The van der Waals surface area contributed by atoms with E-state index in [-0.39, 0.29) is 0 Å². The molecule has 0 aromatic rings. The normalized spacial score (nSPS) is 11.2. The van der Waals surface area contributed by atoms with Crippen molar-refractivity contribution in [3.63, 3.8) is 0 Å². The van der Waals surface area contributed by atoms with Gasteiger partial charge in [0.15, 0.2) is 0 Å². The van der Waals surface area contributed by atoms with Gasteiger partial charge >= 0.3 is 0 Å². The van der Waals surface area contributed by atoms with Crippen molar-refractivity contribution in [3.8, 4) is 0 Å². The van der Waals surface area contributed by atoms with Crippen molar-refractivity contribution < 1.29 is 4.84 Å². The number of nitrogens with zero attached hydrogens (tertiary/aromatic N) is 1. The average Bonchev–Trinajstić information content (AvgIpc) is 2.11. The summed E-state index contributed by atoms with van der Waals surface area (Å²) in [5.41, 5.74) is 1.07. The predicted molar refractivity (Wildman–Crippen MR) is 57.5 cm³/mol. The molecule has 0 aromatic heterocycles. The van der Waals surface area contributed by atoms with Crippen molar-refractivity contribution in [1.29, 1.82) is 0 Å². The average molecular weight is 185 g/mol. The largest absolute Gasteiger partial charge is 0.294 e. The van der Waals surface area contributed by atoms with Crippen LogP contribution in [0.3, 0.4) is 0 Å². The van der Waals surface area contributed by atoms with Gasteiger partial charge in [0.1, 0.15) is 0 Å². The molecule has 0 heterocycles. The second-order valence-electron chi connectivity index (χ2n) is 3.43. The summed E-state index contributed by atoms with van der Waals surface area (Å²) in [7, 11) is 0. The van der Waals surface area contributed by atoms with Crippen molar-refractivity contribution in [2.45, 2.75) is 46.6 Å². The summed E-state index contributed by atoms with van der Waals surface area (Å²) in [5, 5.41) is 2.06. The van der Waals surface area contributed by atoms with Gasteiger partial charge in [0.05, 0.1) is 6.61 Å². The molecular weight excluding hydrogens is 162 g/mol. The number of hydrogen-bond acceptors (Lipinski definition) is 2. The van der Waals surface area contributed by atoms with Gasteiger partial charge < -0.3 is 0 Å². The van der Waals surface area contributed by atoms with Crippen LogP contribution in [0.4, 0.5) is 0 Å². The van der Waals surface area contributed by atoms with Crippen LogP contribution in [0.1, 0.15) is 40.5 Å². The van der Waals surface area contributed by atoms with E-state index in [2.05, 4.69) is 32.4 Å². The van der Waals surface area contributed by atoms with Gasteiger partial charge in [0.25, 0.3) is 0 Å². The van der Waals surface area contributed by atoms with Crippen LogP contribution in [-0.4, -0.2) is 24.3 Å². The van der Waals surface area contributed by atoms with E-state index in [0.717, 1.165) is 25.0 Å². The molecule has 0 aliphatic carbocycles. The van der Waals surface area contributed by atoms with Gasteiger partial charge in [-0.05, 0) is 19.8 Å². The van der Waals surface area contributed by atoms with E-state index in [0.29, 0.717) is 12.6 Å². The molecule has 0 saturated carbocycles. The zero-order chi connectivity index (χ0) is 10.3. The third kappa shape index (κ3) is 5.06. The van der Waals surface area contributed by atoms with Gasteiger partial charge in [-0.25, -0.2) is 0 Å². The molecule has 2 nitrogen and oxygen atoms in total. The maximum absolute atomic E-state index is 5.63. The van der Waals surface area contributed by atoms with Gasteiger partial charge in [-0.2, -0.15) is 5.06 Å². The molecule has 0 bridgehead atoms. The first kappa shape index (κ1) is 12.7. The van der Waals surface area contributed by atoms with E-state index in [1.807, 2.05) is 6.92 Å². The lowest BCUT2D eigenvalue weighted by Crippen LogP contribution is -2.34. The van der Waals surface area contributed by atoms with E-state index in [4.69, 9.17) is 4.84 Å². The molecule has 0 aromatic carbocycles. The van der Waals surface area contributed by atoms with Crippen LogP contribution in [0.25, 0.3) is 0 Å². The Bertz CT molecular complexity index is 141. The Kier molecular flexibility index (Phi) is 6.92. The van der Waals surface area contributed by atoms with Crippen molar-refractivity contribution in [2.75, 3.05) is 13.2 Å². The lowest BCUT2D eigenvalue weighted by atomic mass is 10.2. The first-order valence-corrected chi connectivity index (χ1v) is 5.19. The predicted octanol–water partition coefficient (Wildman–Crippen LogP) is 3.00. The van der Waals surface area contributed by atoms with Crippen LogP contribution >= 0.6 is 0 Å². The van der Waals surface area contributed by atoms with Gasteiger partial charge in [0.2, 0.25) is 0 Å². The van der Waals surface area contributed by atoms with Crippen molar-refractivity contribution in [1.82, 2.24) is 5.06 Å². The van der Waals surface area contributed by atoms with Crippen LogP contribution < -0.4 is 0 Å². The summed E-state index contributed by atoms with van der Waals surface area (Å²) < 4.78 is 0. The second kappa shape index (κ2) is 7.10. The highest BCUT2D eigenvalue weighted by Gasteiger charge is 2.13. The van der Waals surface area contributed by atoms with Gasteiger partial charge in [0, 0.05) is 12.6 Å². The number of rotatable bonds is 7. The molecule has 13 heavy (non-hydrogen) atoms. The molecule has 0 atom stereocenters. The van der Waals surface area contributed by atoms with Crippen LogP contribution in [-0.2, 0) is 4.84 Å². The molecule has 0 aliphatic rings. The quantitative estimate of drug-likeness (QED) is 0.446. The smallest absolute Gasteiger partial charge is 0.0890 e. The minimum absolute atomic E-state index is 0.546. The topological polar surface area (TPSA) is 12.5 Å². The maximum Gasteiger partial charge on any atom is 0.0890 e. The summed E-state index contributed by atoms with van der Waals surface area (Å²) >= 11 is 0. The molecule has 2 heteroatoms.